The number of aromatic nitrogens is 2. The van der Waals surface area contributed by atoms with Gasteiger partial charge in [0.1, 0.15) is 5.82 Å². The van der Waals surface area contributed by atoms with E-state index in [1.807, 2.05) is 0 Å². The maximum absolute atomic E-state index is 12.7. The minimum atomic E-state index is -0.948. The molecule has 7 nitrogen and oxygen atoms in total. The fraction of sp³-hybridized carbons (Fsp3) is 0.368. The molecule has 0 unspecified atom stereocenters. The second-order valence-corrected chi connectivity index (χ2v) is 6.52. The Morgan fingerprint density at radius 2 is 1.88 bits per heavy atom. The van der Waals surface area contributed by atoms with E-state index in [0.29, 0.717) is 6.54 Å². The van der Waals surface area contributed by atoms with Crippen molar-refractivity contribution in [3.8, 4) is 0 Å². The molecule has 0 radical (unpaired) electrons. The standard InChI is InChI=1S/C19H22N4O3/c1-22(13-14-2-4-16(5-3-14)19(25)26)18(24)15-6-10-23(11-7-15)17-12-20-8-9-21-17/h2-5,8-9,12,15H,6-7,10-11,13H2,1H3,(H,25,26). The van der Waals surface area contributed by atoms with Crippen LogP contribution in [0.15, 0.2) is 42.9 Å². The summed E-state index contributed by atoms with van der Waals surface area (Å²) in [6, 6.07) is 6.64. The highest BCUT2D eigenvalue weighted by Crippen LogP contribution is 2.23. The van der Waals surface area contributed by atoms with Crippen LogP contribution in [0.2, 0.25) is 0 Å². The smallest absolute Gasteiger partial charge is 0.335 e. The number of anilines is 1. The summed E-state index contributed by atoms with van der Waals surface area (Å²) >= 11 is 0. The van der Waals surface area contributed by atoms with Crippen LogP contribution in [0.25, 0.3) is 0 Å². The molecule has 1 aliphatic rings. The molecule has 0 aliphatic carbocycles. The first-order valence-corrected chi connectivity index (χ1v) is 8.63. The van der Waals surface area contributed by atoms with Gasteiger partial charge >= 0.3 is 5.97 Å². The van der Waals surface area contributed by atoms with Crippen molar-refractivity contribution >= 4 is 17.7 Å². The Kier molecular flexibility index (Phi) is 5.46. The molecule has 1 amide bonds. The third kappa shape index (κ3) is 4.17. The van der Waals surface area contributed by atoms with Crippen LogP contribution < -0.4 is 4.90 Å². The van der Waals surface area contributed by atoms with Gasteiger partial charge < -0.3 is 14.9 Å². The topological polar surface area (TPSA) is 86.6 Å². The van der Waals surface area contributed by atoms with E-state index in [2.05, 4.69) is 14.9 Å². The number of carboxylic acid groups (broad SMARTS) is 1. The van der Waals surface area contributed by atoms with E-state index in [1.165, 1.54) is 0 Å². The molecule has 0 spiro atoms. The Bertz CT molecular complexity index is 756. The minimum absolute atomic E-state index is 0.00575. The van der Waals surface area contributed by atoms with Gasteiger partial charge in [-0.05, 0) is 30.5 Å². The second kappa shape index (κ2) is 7.95. The number of carbonyl (C=O) groups is 2. The number of aromatic carboxylic acids is 1. The molecule has 1 aromatic carbocycles. The molecule has 0 bridgehead atoms. The second-order valence-electron chi connectivity index (χ2n) is 6.52. The first kappa shape index (κ1) is 17.8. The van der Waals surface area contributed by atoms with Crippen molar-refractivity contribution in [1.82, 2.24) is 14.9 Å². The highest BCUT2D eigenvalue weighted by molar-refractivity contribution is 5.87. The van der Waals surface area contributed by atoms with E-state index in [4.69, 9.17) is 5.11 Å². The Labute approximate surface area is 152 Å². The van der Waals surface area contributed by atoms with E-state index in [0.717, 1.165) is 37.3 Å². The number of amides is 1. The van der Waals surface area contributed by atoms with Crippen LogP contribution in [0.3, 0.4) is 0 Å². The van der Waals surface area contributed by atoms with Gasteiger partial charge in [-0.25, -0.2) is 9.78 Å². The van der Waals surface area contributed by atoms with Crippen LogP contribution in [-0.2, 0) is 11.3 Å². The lowest BCUT2D eigenvalue weighted by Gasteiger charge is -2.33. The summed E-state index contributed by atoms with van der Waals surface area (Å²) in [5.74, 6) is 0.0402. The molecule has 136 valence electrons. The first-order valence-electron chi connectivity index (χ1n) is 8.63. The van der Waals surface area contributed by atoms with E-state index >= 15 is 0 Å². The van der Waals surface area contributed by atoms with E-state index in [9.17, 15) is 9.59 Å². The summed E-state index contributed by atoms with van der Waals surface area (Å²) in [6.07, 6.45) is 6.65. The van der Waals surface area contributed by atoms with Gasteiger partial charge in [0.25, 0.3) is 0 Å². The monoisotopic (exact) mass is 354 g/mol. The third-order valence-electron chi connectivity index (χ3n) is 4.71. The quantitative estimate of drug-likeness (QED) is 0.884. The zero-order valence-electron chi connectivity index (χ0n) is 14.7. The number of carboxylic acids is 1. The molecular formula is C19H22N4O3. The number of piperidine rings is 1. The minimum Gasteiger partial charge on any atom is -0.478 e. The maximum atomic E-state index is 12.7. The normalized spacial score (nSPS) is 14.9. The number of rotatable bonds is 5. The van der Waals surface area contributed by atoms with Crippen molar-refractivity contribution in [2.45, 2.75) is 19.4 Å². The summed E-state index contributed by atoms with van der Waals surface area (Å²) in [5.41, 5.74) is 1.17. The molecule has 26 heavy (non-hydrogen) atoms. The molecule has 3 rings (SSSR count). The summed E-state index contributed by atoms with van der Waals surface area (Å²) in [4.78, 5) is 35.9. The van der Waals surface area contributed by atoms with Crippen LogP contribution in [0, 0.1) is 5.92 Å². The molecule has 1 N–H and O–H groups in total. The summed E-state index contributed by atoms with van der Waals surface area (Å²) in [5, 5.41) is 8.94. The molecule has 1 aliphatic heterocycles. The molecular weight excluding hydrogens is 332 g/mol. The van der Waals surface area contributed by atoms with Gasteiger partial charge in [0, 0.05) is 45.0 Å². The summed E-state index contributed by atoms with van der Waals surface area (Å²) in [7, 11) is 1.79. The Morgan fingerprint density at radius 1 is 1.19 bits per heavy atom. The molecule has 1 fully saturated rings. The fourth-order valence-electron chi connectivity index (χ4n) is 3.23. The number of nitrogens with zero attached hydrogens (tertiary/aromatic N) is 4. The van der Waals surface area contributed by atoms with Gasteiger partial charge in [-0.15, -0.1) is 0 Å². The summed E-state index contributed by atoms with van der Waals surface area (Å²) < 4.78 is 0. The van der Waals surface area contributed by atoms with Crippen molar-refractivity contribution in [3.63, 3.8) is 0 Å². The van der Waals surface area contributed by atoms with Crippen LogP contribution in [-0.4, -0.2) is 52.0 Å². The third-order valence-corrected chi connectivity index (χ3v) is 4.71. The molecule has 2 heterocycles. The fourth-order valence-corrected chi connectivity index (χ4v) is 3.23. The van der Waals surface area contributed by atoms with Gasteiger partial charge in [0.05, 0.1) is 11.8 Å². The van der Waals surface area contributed by atoms with Gasteiger partial charge in [0.2, 0.25) is 5.91 Å². The SMILES string of the molecule is CN(Cc1ccc(C(=O)O)cc1)C(=O)C1CCN(c2cnccn2)CC1. The molecule has 1 saturated heterocycles. The molecule has 0 atom stereocenters. The zero-order chi connectivity index (χ0) is 18.5. The van der Waals surface area contributed by atoms with E-state index in [-0.39, 0.29) is 17.4 Å². The van der Waals surface area contributed by atoms with E-state index < -0.39 is 5.97 Å². The van der Waals surface area contributed by atoms with Crippen LogP contribution >= 0.6 is 0 Å². The molecule has 7 heteroatoms. The Balaban J connectivity index is 1.53. The molecule has 0 saturated carbocycles. The number of hydrogen-bond acceptors (Lipinski definition) is 5. The lowest BCUT2D eigenvalue weighted by molar-refractivity contribution is -0.135. The van der Waals surface area contributed by atoms with Crippen LogP contribution in [0.5, 0.6) is 0 Å². The Hall–Kier alpha value is -2.96. The van der Waals surface area contributed by atoms with Crippen molar-refractivity contribution < 1.29 is 14.7 Å². The molecule has 1 aromatic heterocycles. The predicted molar refractivity (Wildman–Crippen MR) is 96.8 cm³/mol. The maximum Gasteiger partial charge on any atom is 0.335 e. The predicted octanol–water partition coefficient (Wildman–Crippen LogP) is 2.05. The number of carbonyl (C=O) groups excluding carboxylic acids is 1. The van der Waals surface area contributed by atoms with Crippen LogP contribution in [0.4, 0.5) is 5.82 Å². The highest BCUT2D eigenvalue weighted by atomic mass is 16.4. The first-order chi connectivity index (χ1) is 12.5. The number of benzene rings is 1. The summed E-state index contributed by atoms with van der Waals surface area (Å²) in [6.45, 7) is 2.05. The highest BCUT2D eigenvalue weighted by Gasteiger charge is 2.27. The molecule has 2 aromatic rings. The largest absolute Gasteiger partial charge is 0.478 e. The lowest BCUT2D eigenvalue weighted by Crippen LogP contribution is -2.41. The van der Waals surface area contributed by atoms with Gasteiger partial charge in [0.15, 0.2) is 0 Å². The van der Waals surface area contributed by atoms with Gasteiger partial charge in [-0.3, -0.25) is 9.78 Å². The van der Waals surface area contributed by atoms with Gasteiger partial charge in [-0.1, -0.05) is 12.1 Å². The van der Waals surface area contributed by atoms with Crippen molar-refractivity contribution in [2.24, 2.45) is 5.92 Å². The van der Waals surface area contributed by atoms with E-state index in [1.54, 1.807) is 54.8 Å². The Morgan fingerprint density at radius 3 is 2.46 bits per heavy atom. The number of hydrogen-bond donors (Lipinski definition) is 1. The lowest BCUT2D eigenvalue weighted by atomic mass is 9.95. The van der Waals surface area contributed by atoms with Crippen molar-refractivity contribution in [2.75, 3.05) is 25.0 Å². The van der Waals surface area contributed by atoms with Crippen molar-refractivity contribution in [1.29, 1.82) is 0 Å². The average molecular weight is 354 g/mol. The van der Waals surface area contributed by atoms with Crippen molar-refractivity contribution in [3.05, 3.63) is 54.0 Å². The zero-order valence-corrected chi connectivity index (χ0v) is 14.7. The van der Waals surface area contributed by atoms with Gasteiger partial charge in [-0.2, -0.15) is 0 Å². The van der Waals surface area contributed by atoms with Crippen LogP contribution in [0.1, 0.15) is 28.8 Å². The average Bonchev–Trinajstić information content (AvgIpc) is 2.68.